The Labute approximate surface area is 115 Å². The van der Waals surface area contributed by atoms with E-state index in [0.29, 0.717) is 0 Å². The molecule has 6 heteroatoms. The average Bonchev–Trinajstić information content (AvgIpc) is 2.93. The highest BCUT2D eigenvalue weighted by molar-refractivity contribution is 7.18. The number of aromatic amines is 1. The average molecular weight is 276 g/mol. The molecule has 2 aromatic rings. The molecule has 1 aliphatic heterocycles. The number of H-pyrrole nitrogens is 1. The van der Waals surface area contributed by atoms with E-state index in [-0.39, 0.29) is 11.6 Å². The lowest BCUT2D eigenvalue weighted by Gasteiger charge is -2.41. The summed E-state index contributed by atoms with van der Waals surface area (Å²) < 4.78 is 0. The quantitative estimate of drug-likeness (QED) is 0.840. The number of carbonyl (C=O) groups excluding carboxylic acids is 1. The maximum atomic E-state index is 12.2. The minimum Gasteiger partial charge on any atom is -0.351 e. The fraction of sp³-hybridized carbons (Fsp3) is 0.385. The molecule has 0 saturated heterocycles. The second-order valence-electron chi connectivity index (χ2n) is 5.29. The van der Waals surface area contributed by atoms with Crippen LogP contribution < -0.4 is 10.2 Å². The first-order valence-electron chi connectivity index (χ1n) is 6.10. The Kier molecular flexibility index (Phi) is 2.47. The molecule has 3 heterocycles. The zero-order valence-electron chi connectivity index (χ0n) is 11.4. The van der Waals surface area contributed by atoms with Gasteiger partial charge in [0, 0.05) is 23.7 Å². The summed E-state index contributed by atoms with van der Waals surface area (Å²) in [6, 6.07) is 0. The summed E-state index contributed by atoms with van der Waals surface area (Å²) in [4.78, 5) is 16.2. The third-order valence-corrected chi connectivity index (χ3v) is 5.00. The van der Waals surface area contributed by atoms with Crippen molar-refractivity contribution in [2.75, 3.05) is 11.9 Å². The van der Waals surface area contributed by atoms with Crippen molar-refractivity contribution in [3.05, 3.63) is 22.8 Å². The van der Waals surface area contributed by atoms with Gasteiger partial charge in [-0.3, -0.25) is 9.89 Å². The monoisotopic (exact) mass is 276 g/mol. The SMILES string of the molecule is Cc1c(-c2cn[nH]c2)sc2c1N(C)C(C)(C)NC2=O. The molecule has 0 bridgehead atoms. The van der Waals surface area contributed by atoms with Crippen LogP contribution in [0.25, 0.3) is 10.4 Å². The Morgan fingerprint density at radius 2 is 2.11 bits per heavy atom. The topological polar surface area (TPSA) is 61.0 Å². The predicted octanol–water partition coefficient (Wildman–Crippen LogP) is 2.36. The minimum atomic E-state index is -0.371. The highest BCUT2D eigenvalue weighted by atomic mass is 32.1. The van der Waals surface area contributed by atoms with E-state index >= 15 is 0 Å². The van der Waals surface area contributed by atoms with Crippen molar-refractivity contribution in [3.63, 3.8) is 0 Å². The molecule has 1 amide bonds. The van der Waals surface area contributed by atoms with Crippen LogP contribution in [0.4, 0.5) is 5.69 Å². The number of nitrogens with one attached hydrogen (secondary N) is 2. The number of amides is 1. The first-order chi connectivity index (χ1) is 8.92. The third-order valence-electron chi connectivity index (χ3n) is 3.68. The van der Waals surface area contributed by atoms with E-state index < -0.39 is 0 Å². The number of rotatable bonds is 1. The number of nitrogens with zero attached hydrogens (tertiary/aromatic N) is 2. The van der Waals surface area contributed by atoms with Crippen LogP contribution in [-0.2, 0) is 0 Å². The molecule has 2 aromatic heterocycles. The van der Waals surface area contributed by atoms with Gasteiger partial charge in [0.05, 0.1) is 11.9 Å². The van der Waals surface area contributed by atoms with Crippen molar-refractivity contribution in [1.29, 1.82) is 0 Å². The summed E-state index contributed by atoms with van der Waals surface area (Å²) in [6.45, 7) is 6.06. The number of carbonyl (C=O) groups is 1. The summed E-state index contributed by atoms with van der Waals surface area (Å²) in [7, 11) is 2.01. The van der Waals surface area contributed by atoms with E-state index in [0.717, 1.165) is 26.6 Å². The highest BCUT2D eigenvalue weighted by Gasteiger charge is 2.37. The van der Waals surface area contributed by atoms with Gasteiger partial charge in [-0.15, -0.1) is 11.3 Å². The van der Waals surface area contributed by atoms with Crippen LogP contribution in [0.5, 0.6) is 0 Å². The molecule has 0 spiro atoms. The van der Waals surface area contributed by atoms with E-state index in [2.05, 4.69) is 27.3 Å². The van der Waals surface area contributed by atoms with Gasteiger partial charge in [-0.25, -0.2) is 0 Å². The normalized spacial score (nSPS) is 17.3. The summed E-state index contributed by atoms with van der Waals surface area (Å²) in [5.74, 6) is 0.000875. The van der Waals surface area contributed by atoms with Gasteiger partial charge in [-0.1, -0.05) is 0 Å². The van der Waals surface area contributed by atoms with Crippen molar-refractivity contribution < 1.29 is 4.79 Å². The lowest BCUT2D eigenvalue weighted by atomic mass is 10.0. The van der Waals surface area contributed by atoms with Gasteiger partial charge < -0.3 is 10.2 Å². The fourth-order valence-corrected chi connectivity index (χ4v) is 3.62. The zero-order valence-corrected chi connectivity index (χ0v) is 12.2. The Bertz CT molecular complexity index is 642. The molecule has 0 aliphatic carbocycles. The molecule has 1 aliphatic rings. The van der Waals surface area contributed by atoms with E-state index in [1.54, 1.807) is 6.20 Å². The molecular formula is C13H16N4OS. The Morgan fingerprint density at radius 1 is 1.37 bits per heavy atom. The van der Waals surface area contributed by atoms with Gasteiger partial charge in [0.25, 0.3) is 5.91 Å². The first-order valence-corrected chi connectivity index (χ1v) is 6.92. The Hall–Kier alpha value is -1.82. The van der Waals surface area contributed by atoms with Crippen LogP contribution >= 0.6 is 11.3 Å². The van der Waals surface area contributed by atoms with E-state index in [9.17, 15) is 4.79 Å². The van der Waals surface area contributed by atoms with Crippen LogP contribution in [0.15, 0.2) is 12.4 Å². The summed E-state index contributed by atoms with van der Waals surface area (Å²) >= 11 is 1.52. The molecule has 0 unspecified atom stereocenters. The van der Waals surface area contributed by atoms with Gasteiger partial charge in [0.1, 0.15) is 10.5 Å². The lowest BCUT2D eigenvalue weighted by Crippen LogP contribution is -2.58. The molecule has 19 heavy (non-hydrogen) atoms. The van der Waals surface area contributed by atoms with Crippen molar-refractivity contribution >= 4 is 22.9 Å². The molecule has 100 valence electrons. The second kappa shape index (κ2) is 3.84. The third kappa shape index (κ3) is 1.67. The number of fused-ring (bicyclic) bond motifs is 1. The standard InChI is InChI=1S/C13H16N4OS/c1-7-9-11(12(18)16-13(2,3)17(9)4)19-10(7)8-5-14-15-6-8/h5-6H,1-4H3,(H,14,15)(H,16,18). The first kappa shape index (κ1) is 12.2. The molecule has 0 atom stereocenters. The van der Waals surface area contributed by atoms with Gasteiger partial charge in [-0.05, 0) is 26.3 Å². The molecule has 2 N–H and O–H groups in total. The largest absolute Gasteiger partial charge is 0.351 e. The van der Waals surface area contributed by atoms with Gasteiger partial charge in [0.15, 0.2) is 0 Å². The number of hydrogen-bond donors (Lipinski definition) is 2. The second-order valence-corrected chi connectivity index (χ2v) is 6.31. The molecule has 3 rings (SSSR count). The minimum absolute atomic E-state index is 0.000875. The molecule has 0 radical (unpaired) electrons. The molecule has 0 fully saturated rings. The van der Waals surface area contributed by atoms with Gasteiger partial charge in [-0.2, -0.15) is 5.10 Å². The van der Waals surface area contributed by atoms with Gasteiger partial charge in [0.2, 0.25) is 0 Å². The van der Waals surface area contributed by atoms with Crippen molar-refractivity contribution in [1.82, 2.24) is 15.5 Å². The molecule has 0 aromatic carbocycles. The number of aromatic nitrogens is 2. The van der Waals surface area contributed by atoms with Gasteiger partial charge >= 0.3 is 0 Å². The van der Waals surface area contributed by atoms with E-state index in [4.69, 9.17) is 0 Å². The van der Waals surface area contributed by atoms with E-state index in [1.807, 2.05) is 27.1 Å². The van der Waals surface area contributed by atoms with Crippen molar-refractivity contribution in [2.45, 2.75) is 26.4 Å². The van der Waals surface area contributed by atoms with Crippen molar-refractivity contribution in [3.8, 4) is 10.4 Å². The summed E-state index contributed by atoms with van der Waals surface area (Å²) in [5, 5.41) is 9.82. The number of hydrogen-bond acceptors (Lipinski definition) is 4. The van der Waals surface area contributed by atoms with Crippen LogP contribution in [0, 0.1) is 6.92 Å². The number of anilines is 1. The fourth-order valence-electron chi connectivity index (χ4n) is 2.41. The Morgan fingerprint density at radius 3 is 2.74 bits per heavy atom. The molecule has 0 saturated carbocycles. The van der Waals surface area contributed by atoms with Crippen LogP contribution in [-0.4, -0.2) is 28.8 Å². The number of thiophene rings is 1. The lowest BCUT2D eigenvalue weighted by molar-refractivity contribution is 0.0905. The summed E-state index contributed by atoms with van der Waals surface area (Å²) in [5.41, 5.74) is 2.81. The van der Waals surface area contributed by atoms with E-state index in [1.165, 1.54) is 11.3 Å². The van der Waals surface area contributed by atoms with Crippen LogP contribution in [0.1, 0.15) is 29.1 Å². The molecule has 5 nitrogen and oxygen atoms in total. The maximum Gasteiger partial charge on any atom is 0.265 e. The maximum absolute atomic E-state index is 12.2. The summed E-state index contributed by atoms with van der Waals surface area (Å²) in [6.07, 6.45) is 3.64. The highest BCUT2D eigenvalue weighted by Crippen LogP contribution is 2.44. The van der Waals surface area contributed by atoms with Crippen LogP contribution in [0.2, 0.25) is 0 Å². The molecular weight excluding hydrogens is 260 g/mol. The van der Waals surface area contributed by atoms with Crippen molar-refractivity contribution in [2.24, 2.45) is 0 Å². The zero-order chi connectivity index (χ0) is 13.8. The predicted molar refractivity (Wildman–Crippen MR) is 76.6 cm³/mol. The smallest absolute Gasteiger partial charge is 0.265 e. The Balaban J connectivity index is 2.21. The van der Waals surface area contributed by atoms with Crippen LogP contribution in [0.3, 0.4) is 0 Å².